The molecule has 3 aromatic rings. The van der Waals surface area contributed by atoms with Gasteiger partial charge in [-0.15, -0.1) is 0 Å². The minimum absolute atomic E-state index is 0.0216. The van der Waals surface area contributed by atoms with Crippen LogP contribution in [-0.4, -0.2) is 29.6 Å². The summed E-state index contributed by atoms with van der Waals surface area (Å²) in [5, 5.41) is 6.82. The van der Waals surface area contributed by atoms with Gasteiger partial charge in [0, 0.05) is 18.2 Å². The molecule has 0 saturated carbocycles. The average Bonchev–Trinajstić information content (AvgIpc) is 2.71. The molecule has 8 nitrogen and oxygen atoms in total. The van der Waals surface area contributed by atoms with Crippen molar-refractivity contribution in [1.82, 2.24) is 19.8 Å². The van der Waals surface area contributed by atoms with Crippen LogP contribution in [0, 0.1) is 0 Å². The number of amides is 1. The van der Waals surface area contributed by atoms with Gasteiger partial charge in [0.2, 0.25) is 10.0 Å². The van der Waals surface area contributed by atoms with E-state index < -0.39 is 21.5 Å². The largest absolute Gasteiger partial charge is 0.347 e. The highest BCUT2D eigenvalue weighted by molar-refractivity contribution is 7.89. The second-order valence-electron chi connectivity index (χ2n) is 7.95. The first-order chi connectivity index (χ1) is 14.6. The molecule has 0 fully saturated rings. The van der Waals surface area contributed by atoms with Gasteiger partial charge in [-0.25, -0.2) is 13.1 Å². The van der Waals surface area contributed by atoms with Gasteiger partial charge in [-0.3, -0.25) is 9.59 Å². The van der Waals surface area contributed by atoms with Gasteiger partial charge in [0.25, 0.3) is 11.5 Å². The third-order valence-electron chi connectivity index (χ3n) is 4.18. The van der Waals surface area contributed by atoms with E-state index in [-0.39, 0.29) is 22.7 Å². The number of nitrogens with one attached hydrogen (secondary N) is 2. The van der Waals surface area contributed by atoms with Gasteiger partial charge >= 0.3 is 0 Å². The number of para-hydroxylation sites is 1. The zero-order valence-corrected chi connectivity index (χ0v) is 18.3. The standard InChI is InChI=1S/C22H24N4O4S/c1-22(2,3)25-31(29,30)19-12-8-7-9-16(19)15-23-21(28)18-13-14-20(27)26(24-18)17-10-5-4-6-11-17/h4-14,25H,15H2,1-3H3,(H,23,28). The number of aromatic nitrogens is 2. The lowest BCUT2D eigenvalue weighted by atomic mass is 10.1. The molecule has 2 N–H and O–H groups in total. The van der Waals surface area contributed by atoms with Crippen molar-refractivity contribution in [3.63, 3.8) is 0 Å². The molecule has 1 amide bonds. The highest BCUT2D eigenvalue weighted by atomic mass is 32.2. The molecule has 0 bridgehead atoms. The quantitative estimate of drug-likeness (QED) is 0.611. The Morgan fingerprint density at radius 2 is 1.61 bits per heavy atom. The summed E-state index contributed by atoms with van der Waals surface area (Å²) in [4.78, 5) is 24.9. The molecule has 2 aromatic carbocycles. The predicted molar refractivity (Wildman–Crippen MR) is 118 cm³/mol. The molecular weight excluding hydrogens is 416 g/mol. The van der Waals surface area contributed by atoms with Crippen LogP contribution in [0.25, 0.3) is 5.69 Å². The van der Waals surface area contributed by atoms with E-state index in [0.717, 1.165) is 4.68 Å². The van der Waals surface area contributed by atoms with Crippen LogP contribution >= 0.6 is 0 Å². The Hall–Kier alpha value is -3.30. The Labute approximate surface area is 181 Å². The molecule has 1 aromatic heterocycles. The summed E-state index contributed by atoms with van der Waals surface area (Å²) in [6.07, 6.45) is 0. The zero-order chi connectivity index (χ0) is 22.6. The van der Waals surface area contributed by atoms with Crippen molar-refractivity contribution in [2.75, 3.05) is 0 Å². The lowest BCUT2D eigenvalue weighted by Crippen LogP contribution is -2.41. The first-order valence-corrected chi connectivity index (χ1v) is 11.1. The lowest BCUT2D eigenvalue weighted by molar-refractivity contribution is 0.0943. The third-order valence-corrected chi connectivity index (χ3v) is 6.03. The van der Waals surface area contributed by atoms with E-state index in [1.54, 1.807) is 63.2 Å². The number of hydrogen-bond acceptors (Lipinski definition) is 5. The molecule has 9 heteroatoms. The van der Waals surface area contributed by atoms with Crippen molar-refractivity contribution < 1.29 is 13.2 Å². The number of carbonyl (C=O) groups is 1. The summed E-state index contributed by atoms with van der Waals surface area (Å²) in [6.45, 7) is 5.24. The van der Waals surface area contributed by atoms with Gasteiger partial charge < -0.3 is 5.32 Å². The van der Waals surface area contributed by atoms with Crippen LogP contribution in [0.15, 0.2) is 76.4 Å². The molecule has 0 aliphatic rings. The maximum atomic E-state index is 12.7. The van der Waals surface area contributed by atoms with Gasteiger partial charge in [-0.2, -0.15) is 9.78 Å². The fourth-order valence-corrected chi connectivity index (χ4v) is 4.58. The topological polar surface area (TPSA) is 110 Å². The van der Waals surface area contributed by atoms with E-state index in [4.69, 9.17) is 0 Å². The average molecular weight is 441 g/mol. The van der Waals surface area contributed by atoms with Crippen LogP contribution in [0.4, 0.5) is 0 Å². The molecule has 1 heterocycles. The van der Waals surface area contributed by atoms with Gasteiger partial charge in [-0.1, -0.05) is 36.4 Å². The van der Waals surface area contributed by atoms with Crippen LogP contribution in [0.5, 0.6) is 0 Å². The summed E-state index contributed by atoms with van der Waals surface area (Å²) < 4.78 is 29.2. The van der Waals surface area contributed by atoms with Crippen LogP contribution in [0.1, 0.15) is 36.8 Å². The molecule has 0 unspecified atom stereocenters. The summed E-state index contributed by atoms with van der Waals surface area (Å²) >= 11 is 0. The maximum Gasteiger partial charge on any atom is 0.272 e. The number of hydrogen-bond donors (Lipinski definition) is 2. The van der Waals surface area contributed by atoms with Gasteiger partial charge in [0.1, 0.15) is 5.69 Å². The Balaban J connectivity index is 1.82. The molecule has 3 rings (SSSR count). The van der Waals surface area contributed by atoms with E-state index in [0.29, 0.717) is 11.3 Å². The van der Waals surface area contributed by atoms with Crippen molar-refractivity contribution >= 4 is 15.9 Å². The van der Waals surface area contributed by atoms with Crippen molar-refractivity contribution in [3.8, 4) is 5.69 Å². The van der Waals surface area contributed by atoms with Crippen molar-refractivity contribution in [2.24, 2.45) is 0 Å². The van der Waals surface area contributed by atoms with Crippen LogP contribution in [0.2, 0.25) is 0 Å². The van der Waals surface area contributed by atoms with E-state index >= 15 is 0 Å². The van der Waals surface area contributed by atoms with E-state index in [1.807, 2.05) is 6.07 Å². The fraction of sp³-hybridized carbons (Fsp3) is 0.227. The summed E-state index contributed by atoms with van der Waals surface area (Å²) in [5.41, 5.74) is -0.00979. The Morgan fingerprint density at radius 3 is 2.29 bits per heavy atom. The van der Waals surface area contributed by atoms with Crippen molar-refractivity contribution in [2.45, 2.75) is 37.8 Å². The molecule has 0 spiro atoms. The third kappa shape index (κ3) is 5.65. The van der Waals surface area contributed by atoms with Crippen LogP contribution in [-0.2, 0) is 16.6 Å². The first kappa shape index (κ1) is 22.4. The number of sulfonamides is 1. The minimum Gasteiger partial charge on any atom is -0.347 e. The Bertz CT molecular complexity index is 1250. The molecule has 0 radical (unpaired) electrons. The van der Waals surface area contributed by atoms with E-state index in [1.165, 1.54) is 18.2 Å². The normalized spacial score (nSPS) is 11.8. The zero-order valence-electron chi connectivity index (χ0n) is 17.5. The molecule has 0 atom stereocenters. The second-order valence-corrected chi connectivity index (χ2v) is 9.60. The summed E-state index contributed by atoms with van der Waals surface area (Å²) in [5.74, 6) is -0.527. The summed E-state index contributed by atoms with van der Waals surface area (Å²) in [6, 6.07) is 17.8. The monoisotopic (exact) mass is 440 g/mol. The van der Waals surface area contributed by atoms with E-state index in [9.17, 15) is 18.0 Å². The SMILES string of the molecule is CC(C)(C)NS(=O)(=O)c1ccccc1CNC(=O)c1ccc(=O)n(-c2ccccc2)n1. The van der Waals surface area contributed by atoms with Crippen molar-refractivity contribution in [1.29, 1.82) is 0 Å². The number of nitrogens with zero attached hydrogens (tertiary/aromatic N) is 2. The molecule has 0 aliphatic carbocycles. The molecule has 162 valence electrons. The van der Waals surface area contributed by atoms with E-state index in [2.05, 4.69) is 15.1 Å². The smallest absolute Gasteiger partial charge is 0.272 e. The van der Waals surface area contributed by atoms with Crippen LogP contribution < -0.4 is 15.6 Å². The summed E-state index contributed by atoms with van der Waals surface area (Å²) in [7, 11) is -3.77. The molecule has 0 aliphatic heterocycles. The predicted octanol–water partition coefficient (Wildman–Crippen LogP) is 2.24. The maximum absolute atomic E-state index is 12.7. The highest BCUT2D eigenvalue weighted by Crippen LogP contribution is 2.18. The first-order valence-electron chi connectivity index (χ1n) is 9.63. The van der Waals surface area contributed by atoms with Gasteiger partial charge in [0.05, 0.1) is 10.6 Å². The fourth-order valence-electron chi connectivity index (χ4n) is 2.92. The highest BCUT2D eigenvalue weighted by Gasteiger charge is 2.24. The Morgan fingerprint density at radius 1 is 0.968 bits per heavy atom. The lowest BCUT2D eigenvalue weighted by Gasteiger charge is -2.21. The minimum atomic E-state index is -3.77. The molecule has 31 heavy (non-hydrogen) atoms. The number of benzene rings is 2. The Kier molecular flexibility index (Phi) is 6.37. The number of carbonyl (C=O) groups excluding carboxylic acids is 1. The number of rotatable bonds is 6. The molecule has 0 saturated heterocycles. The van der Waals surface area contributed by atoms with Gasteiger partial charge in [-0.05, 0) is 50.6 Å². The molecular formula is C22H24N4O4S. The van der Waals surface area contributed by atoms with Gasteiger partial charge in [0.15, 0.2) is 0 Å². The van der Waals surface area contributed by atoms with Crippen molar-refractivity contribution in [3.05, 3.63) is 88.3 Å². The second kappa shape index (κ2) is 8.83. The van der Waals surface area contributed by atoms with Crippen LogP contribution in [0.3, 0.4) is 0 Å².